The van der Waals surface area contributed by atoms with Gasteiger partial charge in [-0.3, -0.25) is 9.69 Å². The van der Waals surface area contributed by atoms with Gasteiger partial charge in [0, 0.05) is 45.3 Å². The minimum Gasteiger partial charge on any atom is -0.384 e. The average molecular weight is 250 g/mol. The van der Waals surface area contributed by atoms with Crippen LogP contribution < -0.4 is 16.4 Å². The second-order valence-corrected chi connectivity index (χ2v) is 4.33. The molecule has 2 rings (SSSR count). The third-order valence-corrected chi connectivity index (χ3v) is 2.99. The Balaban J connectivity index is 1.85. The quantitative estimate of drug-likeness (QED) is 0.715. The van der Waals surface area contributed by atoms with Crippen LogP contribution in [0, 0.1) is 0 Å². The first-order valence-electron chi connectivity index (χ1n) is 5.99. The Morgan fingerprint density at radius 3 is 2.67 bits per heavy atom. The van der Waals surface area contributed by atoms with Crippen LogP contribution in [0.4, 0.5) is 11.8 Å². The lowest BCUT2D eigenvalue weighted by Gasteiger charge is -2.34. The summed E-state index contributed by atoms with van der Waals surface area (Å²) < 4.78 is 0. The van der Waals surface area contributed by atoms with Crippen LogP contribution in [-0.2, 0) is 4.79 Å². The van der Waals surface area contributed by atoms with Crippen molar-refractivity contribution in [1.82, 2.24) is 14.9 Å². The molecule has 0 saturated carbocycles. The number of amides is 1. The first-order valence-corrected chi connectivity index (χ1v) is 5.99. The molecule has 1 aromatic heterocycles. The van der Waals surface area contributed by atoms with Crippen molar-refractivity contribution in [2.24, 2.45) is 5.73 Å². The van der Waals surface area contributed by atoms with Gasteiger partial charge in [0.2, 0.25) is 11.9 Å². The molecular weight excluding hydrogens is 232 g/mol. The monoisotopic (exact) mass is 250 g/mol. The van der Waals surface area contributed by atoms with Gasteiger partial charge in [-0.2, -0.15) is 4.98 Å². The largest absolute Gasteiger partial charge is 0.384 e. The summed E-state index contributed by atoms with van der Waals surface area (Å²) in [4.78, 5) is 23.4. The topological polar surface area (TPSA) is 101 Å². The maximum Gasteiger partial charge on any atom is 0.227 e. The summed E-state index contributed by atoms with van der Waals surface area (Å²) in [5, 5.41) is 0. The fraction of sp³-hybridized carbons (Fsp3) is 0.545. The van der Waals surface area contributed by atoms with Gasteiger partial charge in [0.25, 0.3) is 0 Å². The zero-order valence-corrected chi connectivity index (χ0v) is 10.2. The lowest BCUT2D eigenvalue weighted by Crippen LogP contribution is -2.47. The van der Waals surface area contributed by atoms with E-state index in [0.29, 0.717) is 18.2 Å². The molecule has 1 fully saturated rings. The van der Waals surface area contributed by atoms with Gasteiger partial charge in [-0.05, 0) is 6.07 Å². The molecule has 7 nitrogen and oxygen atoms in total. The van der Waals surface area contributed by atoms with Gasteiger partial charge >= 0.3 is 0 Å². The molecule has 0 radical (unpaired) electrons. The van der Waals surface area contributed by atoms with Crippen molar-refractivity contribution in [2.45, 2.75) is 6.42 Å². The standard InChI is InChI=1S/C11H18N6O/c12-9-1-3-14-11(15-9)17-7-5-16(6-8-17)4-2-10(13)18/h1,3H,2,4-8H2,(H2,13,18)(H2,12,14,15). The molecule has 1 saturated heterocycles. The minimum absolute atomic E-state index is 0.253. The van der Waals surface area contributed by atoms with E-state index >= 15 is 0 Å². The van der Waals surface area contributed by atoms with Crippen molar-refractivity contribution in [3.8, 4) is 0 Å². The van der Waals surface area contributed by atoms with Crippen LogP contribution in [0.1, 0.15) is 6.42 Å². The fourth-order valence-corrected chi connectivity index (χ4v) is 1.95. The molecule has 1 amide bonds. The molecule has 7 heteroatoms. The number of nitrogens with two attached hydrogens (primary N) is 2. The molecule has 0 aliphatic carbocycles. The minimum atomic E-state index is -0.253. The van der Waals surface area contributed by atoms with Crippen molar-refractivity contribution in [3.05, 3.63) is 12.3 Å². The van der Waals surface area contributed by atoms with E-state index in [1.54, 1.807) is 12.3 Å². The summed E-state index contributed by atoms with van der Waals surface area (Å²) in [7, 11) is 0. The lowest BCUT2D eigenvalue weighted by molar-refractivity contribution is -0.118. The highest BCUT2D eigenvalue weighted by Gasteiger charge is 2.18. The fourth-order valence-electron chi connectivity index (χ4n) is 1.95. The number of nitrogen functional groups attached to an aromatic ring is 1. The van der Waals surface area contributed by atoms with Crippen molar-refractivity contribution >= 4 is 17.7 Å². The Morgan fingerprint density at radius 1 is 1.33 bits per heavy atom. The molecule has 1 aliphatic rings. The molecule has 98 valence electrons. The summed E-state index contributed by atoms with van der Waals surface area (Å²) in [5.74, 6) is 0.900. The molecule has 0 aromatic carbocycles. The number of hydrogen-bond acceptors (Lipinski definition) is 6. The number of rotatable bonds is 4. The zero-order chi connectivity index (χ0) is 13.0. The summed E-state index contributed by atoms with van der Waals surface area (Å²) >= 11 is 0. The maximum atomic E-state index is 10.7. The highest BCUT2D eigenvalue weighted by atomic mass is 16.1. The molecule has 2 heterocycles. The van der Waals surface area contributed by atoms with Gasteiger partial charge in [0.05, 0.1) is 0 Å². The third kappa shape index (κ3) is 3.30. The predicted molar refractivity (Wildman–Crippen MR) is 68.9 cm³/mol. The number of hydrogen-bond donors (Lipinski definition) is 2. The Morgan fingerprint density at radius 2 is 2.06 bits per heavy atom. The van der Waals surface area contributed by atoms with Crippen LogP contribution in [0.5, 0.6) is 0 Å². The van der Waals surface area contributed by atoms with Crippen LogP contribution >= 0.6 is 0 Å². The number of piperazine rings is 1. The normalized spacial score (nSPS) is 16.8. The Labute approximate surface area is 106 Å². The van der Waals surface area contributed by atoms with Crippen molar-refractivity contribution in [1.29, 1.82) is 0 Å². The lowest BCUT2D eigenvalue weighted by atomic mass is 10.3. The molecule has 0 unspecified atom stereocenters. The second-order valence-electron chi connectivity index (χ2n) is 4.33. The van der Waals surface area contributed by atoms with Crippen LogP contribution in [0.3, 0.4) is 0 Å². The SMILES string of the molecule is NC(=O)CCN1CCN(c2nccc(N)n2)CC1. The van der Waals surface area contributed by atoms with Crippen LogP contribution in [-0.4, -0.2) is 53.5 Å². The molecule has 4 N–H and O–H groups in total. The number of anilines is 2. The average Bonchev–Trinajstić information content (AvgIpc) is 2.37. The smallest absolute Gasteiger partial charge is 0.227 e. The van der Waals surface area contributed by atoms with Crippen molar-refractivity contribution < 1.29 is 4.79 Å². The summed E-state index contributed by atoms with van der Waals surface area (Å²) in [6.07, 6.45) is 2.08. The molecular formula is C11H18N6O. The zero-order valence-electron chi connectivity index (χ0n) is 10.2. The molecule has 18 heavy (non-hydrogen) atoms. The van der Waals surface area contributed by atoms with E-state index in [0.717, 1.165) is 32.7 Å². The first kappa shape index (κ1) is 12.6. The van der Waals surface area contributed by atoms with E-state index in [-0.39, 0.29) is 5.91 Å². The molecule has 0 atom stereocenters. The highest BCUT2D eigenvalue weighted by molar-refractivity contribution is 5.73. The van der Waals surface area contributed by atoms with Crippen LogP contribution in [0.15, 0.2) is 12.3 Å². The van der Waals surface area contributed by atoms with Gasteiger partial charge in [0.15, 0.2) is 0 Å². The predicted octanol–water partition coefficient (Wildman–Crippen LogP) is -0.944. The number of aromatic nitrogens is 2. The summed E-state index contributed by atoms with van der Waals surface area (Å²) in [6.45, 7) is 4.16. The Kier molecular flexibility index (Phi) is 3.93. The third-order valence-electron chi connectivity index (χ3n) is 2.99. The number of nitrogens with zero attached hydrogens (tertiary/aromatic N) is 4. The summed E-state index contributed by atoms with van der Waals surface area (Å²) in [5.41, 5.74) is 10.8. The van der Waals surface area contributed by atoms with Gasteiger partial charge < -0.3 is 16.4 Å². The number of primary amides is 1. The van der Waals surface area contributed by atoms with Gasteiger partial charge in [0.1, 0.15) is 5.82 Å². The van der Waals surface area contributed by atoms with Crippen molar-refractivity contribution in [2.75, 3.05) is 43.4 Å². The number of carbonyl (C=O) groups excluding carboxylic acids is 1. The van der Waals surface area contributed by atoms with Gasteiger partial charge in [-0.15, -0.1) is 0 Å². The molecule has 1 aromatic rings. The second kappa shape index (κ2) is 5.63. The maximum absolute atomic E-state index is 10.7. The molecule has 0 bridgehead atoms. The van der Waals surface area contributed by atoms with E-state index in [9.17, 15) is 4.79 Å². The van der Waals surface area contributed by atoms with E-state index in [4.69, 9.17) is 11.5 Å². The van der Waals surface area contributed by atoms with Gasteiger partial charge in [-0.1, -0.05) is 0 Å². The Hall–Kier alpha value is -1.89. The van der Waals surface area contributed by atoms with E-state index < -0.39 is 0 Å². The van der Waals surface area contributed by atoms with E-state index in [2.05, 4.69) is 19.8 Å². The van der Waals surface area contributed by atoms with E-state index in [1.807, 2.05) is 0 Å². The van der Waals surface area contributed by atoms with Crippen molar-refractivity contribution in [3.63, 3.8) is 0 Å². The number of carbonyl (C=O) groups is 1. The highest BCUT2D eigenvalue weighted by Crippen LogP contribution is 2.11. The first-order chi connectivity index (χ1) is 8.65. The van der Waals surface area contributed by atoms with E-state index in [1.165, 1.54) is 0 Å². The molecule has 0 spiro atoms. The summed E-state index contributed by atoms with van der Waals surface area (Å²) in [6, 6.07) is 1.67. The van der Waals surface area contributed by atoms with Gasteiger partial charge in [-0.25, -0.2) is 4.98 Å². The Bertz CT molecular complexity index is 416. The van der Waals surface area contributed by atoms with Crippen LogP contribution in [0.2, 0.25) is 0 Å². The molecule has 1 aliphatic heterocycles. The van der Waals surface area contributed by atoms with Crippen LogP contribution in [0.25, 0.3) is 0 Å².